The van der Waals surface area contributed by atoms with Gasteiger partial charge in [-0.2, -0.15) is 0 Å². The van der Waals surface area contributed by atoms with Gasteiger partial charge in [-0.05, 0) is 65.7 Å². The fourth-order valence-electron chi connectivity index (χ4n) is 5.12. The summed E-state index contributed by atoms with van der Waals surface area (Å²) < 4.78 is 19.2. The van der Waals surface area contributed by atoms with Crippen molar-refractivity contribution in [2.75, 3.05) is 19.8 Å². The first-order valence-corrected chi connectivity index (χ1v) is 9.54. The summed E-state index contributed by atoms with van der Waals surface area (Å²) in [6.45, 7) is 10.9. The number of hydrogen-bond acceptors (Lipinski definition) is 3. The molecule has 3 atom stereocenters. The molecular formula is C19H36O3. The molecule has 2 rings (SSSR count). The Hall–Kier alpha value is -0.120. The van der Waals surface area contributed by atoms with Crippen LogP contribution in [0.2, 0.25) is 0 Å². The maximum atomic E-state index is 6.59. The third kappa shape index (κ3) is 3.22. The van der Waals surface area contributed by atoms with Crippen LogP contribution in [0.1, 0.15) is 79.1 Å². The fourth-order valence-corrected chi connectivity index (χ4v) is 5.12. The molecule has 0 amide bonds. The molecule has 2 saturated carbocycles. The average Bonchev–Trinajstić information content (AvgIpc) is 2.52. The summed E-state index contributed by atoms with van der Waals surface area (Å²) >= 11 is 0. The zero-order chi connectivity index (χ0) is 16.1. The first-order chi connectivity index (χ1) is 10.6. The molecule has 3 heteroatoms. The second-order valence-electron chi connectivity index (χ2n) is 7.06. The first kappa shape index (κ1) is 18.2. The van der Waals surface area contributed by atoms with Crippen molar-refractivity contribution in [1.82, 2.24) is 0 Å². The normalized spacial score (nSPS) is 37.4. The Morgan fingerprint density at radius 1 is 0.818 bits per heavy atom. The Morgan fingerprint density at radius 3 is 2.09 bits per heavy atom. The van der Waals surface area contributed by atoms with Crippen molar-refractivity contribution < 1.29 is 14.2 Å². The predicted octanol–water partition coefficient (Wildman–Crippen LogP) is 4.73. The van der Waals surface area contributed by atoms with Crippen LogP contribution in [-0.2, 0) is 14.2 Å². The van der Waals surface area contributed by atoms with E-state index in [1.54, 1.807) is 0 Å². The molecule has 2 aliphatic carbocycles. The van der Waals surface area contributed by atoms with Crippen LogP contribution in [-0.4, -0.2) is 37.1 Å². The molecule has 0 bridgehead atoms. The maximum Gasteiger partial charge on any atom is 0.125 e. The second-order valence-corrected chi connectivity index (χ2v) is 7.06. The van der Waals surface area contributed by atoms with Gasteiger partial charge in [0.05, 0.1) is 11.7 Å². The van der Waals surface area contributed by atoms with E-state index in [9.17, 15) is 0 Å². The fraction of sp³-hybridized carbons (Fsp3) is 1.00. The largest absolute Gasteiger partial charge is 0.375 e. The highest BCUT2D eigenvalue weighted by Gasteiger charge is 2.61. The molecule has 130 valence electrons. The van der Waals surface area contributed by atoms with Gasteiger partial charge < -0.3 is 14.2 Å². The summed E-state index contributed by atoms with van der Waals surface area (Å²) in [5.41, 5.74) is -0.496. The number of ether oxygens (including phenoxy) is 3. The minimum atomic E-state index is -0.271. The summed E-state index contributed by atoms with van der Waals surface area (Å²) in [5.74, 6) is 0.564. The second kappa shape index (κ2) is 8.12. The van der Waals surface area contributed by atoms with E-state index in [1.165, 1.54) is 38.5 Å². The van der Waals surface area contributed by atoms with E-state index < -0.39 is 0 Å². The van der Waals surface area contributed by atoms with Gasteiger partial charge >= 0.3 is 0 Å². The third-order valence-corrected chi connectivity index (χ3v) is 5.85. The summed E-state index contributed by atoms with van der Waals surface area (Å²) in [7, 11) is 0. The summed E-state index contributed by atoms with van der Waals surface area (Å²) in [4.78, 5) is 0. The lowest BCUT2D eigenvalue weighted by Crippen LogP contribution is -2.69. The lowest BCUT2D eigenvalue weighted by molar-refractivity contribution is -0.290. The molecule has 0 aromatic carbocycles. The van der Waals surface area contributed by atoms with E-state index in [2.05, 4.69) is 27.7 Å². The molecule has 0 radical (unpaired) electrons. The minimum absolute atomic E-state index is 0.172. The van der Waals surface area contributed by atoms with Gasteiger partial charge in [0.15, 0.2) is 0 Å². The van der Waals surface area contributed by atoms with E-state index in [1.807, 2.05) is 0 Å². The molecule has 0 N–H and O–H groups in total. The van der Waals surface area contributed by atoms with Gasteiger partial charge in [-0.3, -0.25) is 0 Å². The predicted molar refractivity (Wildman–Crippen MR) is 90.2 cm³/mol. The lowest BCUT2D eigenvalue weighted by atomic mass is 9.60. The van der Waals surface area contributed by atoms with Crippen LogP contribution in [0.25, 0.3) is 0 Å². The molecule has 2 aliphatic rings. The van der Waals surface area contributed by atoms with Crippen LogP contribution in [0.4, 0.5) is 0 Å². The van der Waals surface area contributed by atoms with Gasteiger partial charge in [0.25, 0.3) is 0 Å². The minimum Gasteiger partial charge on any atom is -0.375 e. The first-order valence-electron chi connectivity index (χ1n) is 9.54. The zero-order valence-electron chi connectivity index (χ0n) is 15.2. The van der Waals surface area contributed by atoms with Crippen molar-refractivity contribution in [2.45, 2.75) is 96.4 Å². The summed E-state index contributed by atoms with van der Waals surface area (Å²) in [6.07, 6.45) is 10.0. The molecule has 0 aromatic rings. The van der Waals surface area contributed by atoms with Crippen LogP contribution in [0.5, 0.6) is 0 Å². The smallest absolute Gasteiger partial charge is 0.125 e. The van der Waals surface area contributed by atoms with Crippen molar-refractivity contribution >= 4 is 0 Å². The SMILES string of the molecule is CCOC1CCCC(C)(OCC)C1(OCC)C1CCCCC1. The quantitative estimate of drug-likeness (QED) is 0.680. The number of hydrogen-bond donors (Lipinski definition) is 0. The molecule has 0 heterocycles. The van der Waals surface area contributed by atoms with Gasteiger partial charge in [-0.25, -0.2) is 0 Å². The topological polar surface area (TPSA) is 27.7 Å². The van der Waals surface area contributed by atoms with E-state index in [-0.39, 0.29) is 17.3 Å². The molecule has 3 nitrogen and oxygen atoms in total. The van der Waals surface area contributed by atoms with Gasteiger partial charge in [-0.1, -0.05) is 19.3 Å². The molecule has 2 fully saturated rings. The van der Waals surface area contributed by atoms with Gasteiger partial charge in [-0.15, -0.1) is 0 Å². The number of rotatable bonds is 7. The van der Waals surface area contributed by atoms with Crippen molar-refractivity contribution in [2.24, 2.45) is 5.92 Å². The van der Waals surface area contributed by atoms with Crippen LogP contribution in [0.15, 0.2) is 0 Å². The van der Waals surface area contributed by atoms with Gasteiger partial charge in [0, 0.05) is 19.8 Å². The molecule has 22 heavy (non-hydrogen) atoms. The lowest BCUT2D eigenvalue weighted by Gasteiger charge is -2.58. The highest BCUT2D eigenvalue weighted by Crippen LogP contribution is 2.52. The Bertz CT molecular complexity index is 311. The molecule has 0 spiro atoms. The standard InChI is InChI=1S/C19H36O3/c1-5-20-17-14-11-15-18(4,21-6-2)19(17,22-7-3)16-12-9-8-10-13-16/h16-17H,5-15H2,1-4H3. The Morgan fingerprint density at radius 2 is 1.50 bits per heavy atom. The molecule has 0 aromatic heterocycles. The van der Waals surface area contributed by atoms with Crippen LogP contribution in [0, 0.1) is 5.92 Å². The van der Waals surface area contributed by atoms with E-state index in [0.29, 0.717) is 5.92 Å². The van der Waals surface area contributed by atoms with E-state index in [4.69, 9.17) is 14.2 Å². The van der Waals surface area contributed by atoms with E-state index >= 15 is 0 Å². The Labute approximate surface area is 137 Å². The zero-order valence-corrected chi connectivity index (χ0v) is 15.2. The molecule has 0 saturated heterocycles. The maximum absolute atomic E-state index is 6.59. The summed E-state index contributed by atoms with van der Waals surface area (Å²) in [5, 5.41) is 0. The molecule has 3 unspecified atom stereocenters. The van der Waals surface area contributed by atoms with Crippen molar-refractivity contribution in [3.8, 4) is 0 Å². The van der Waals surface area contributed by atoms with Gasteiger partial charge in [0.2, 0.25) is 0 Å². The summed E-state index contributed by atoms with van der Waals surface area (Å²) in [6, 6.07) is 0. The third-order valence-electron chi connectivity index (χ3n) is 5.85. The highest BCUT2D eigenvalue weighted by atomic mass is 16.6. The van der Waals surface area contributed by atoms with Crippen LogP contribution in [0.3, 0.4) is 0 Å². The Balaban J connectivity index is 2.41. The van der Waals surface area contributed by atoms with Crippen molar-refractivity contribution in [3.63, 3.8) is 0 Å². The van der Waals surface area contributed by atoms with E-state index in [0.717, 1.165) is 32.7 Å². The van der Waals surface area contributed by atoms with Crippen molar-refractivity contribution in [1.29, 1.82) is 0 Å². The van der Waals surface area contributed by atoms with Crippen LogP contribution < -0.4 is 0 Å². The van der Waals surface area contributed by atoms with Crippen molar-refractivity contribution in [3.05, 3.63) is 0 Å². The van der Waals surface area contributed by atoms with Gasteiger partial charge in [0.1, 0.15) is 5.60 Å². The molecular weight excluding hydrogens is 276 g/mol. The monoisotopic (exact) mass is 312 g/mol. The molecule has 0 aliphatic heterocycles. The van der Waals surface area contributed by atoms with Crippen LogP contribution >= 0.6 is 0 Å². The highest BCUT2D eigenvalue weighted by molar-refractivity contribution is 5.12. The Kier molecular flexibility index (Phi) is 6.73. The average molecular weight is 312 g/mol.